The van der Waals surface area contributed by atoms with Gasteiger partial charge in [0.25, 0.3) is 0 Å². The van der Waals surface area contributed by atoms with Crippen molar-refractivity contribution in [3.05, 3.63) is 11.9 Å². The number of nitrogens with one attached hydrogen (secondary N) is 1. The van der Waals surface area contributed by atoms with E-state index in [0.29, 0.717) is 12.0 Å². The van der Waals surface area contributed by atoms with Gasteiger partial charge in [-0.15, -0.1) is 0 Å². The molecule has 4 nitrogen and oxygen atoms in total. The molecule has 0 spiro atoms. The van der Waals surface area contributed by atoms with Crippen LogP contribution in [-0.4, -0.2) is 29.6 Å². The van der Waals surface area contributed by atoms with E-state index in [-0.39, 0.29) is 0 Å². The molecule has 1 unspecified atom stereocenters. The van der Waals surface area contributed by atoms with Crippen LogP contribution in [0.4, 0.5) is 11.6 Å². The maximum Gasteiger partial charge on any atom is 0.137 e. The molecule has 0 aliphatic rings. The Morgan fingerprint density at radius 1 is 1.22 bits per heavy atom. The van der Waals surface area contributed by atoms with Crippen LogP contribution < -0.4 is 10.2 Å². The number of hydrogen-bond donors (Lipinski definition) is 1. The highest BCUT2D eigenvalue weighted by Crippen LogP contribution is 2.31. The second kappa shape index (κ2) is 6.57. The predicted octanol–water partition coefficient (Wildman–Crippen LogP) is 3.27. The quantitative estimate of drug-likeness (QED) is 0.841. The van der Waals surface area contributed by atoms with Gasteiger partial charge in [0.15, 0.2) is 0 Å². The topological polar surface area (TPSA) is 41.1 Å². The minimum absolute atomic E-state index is 0.404. The van der Waals surface area contributed by atoms with Crippen molar-refractivity contribution in [3.8, 4) is 0 Å². The molecule has 0 fully saturated rings. The number of anilines is 2. The van der Waals surface area contributed by atoms with E-state index < -0.39 is 0 Å². The molecule has 1 N–H and O–H groups in total. The van der Waals surface area contributed by atoms with Gasteiger partial charge in [-0.25, -0.2) is 9.97 Å². The van der Waals surface area contributed by atoms with Gasteiger partial charge in [0.2, 0.25) is 0 Å². The van der Waals surface area contributed by atoms with E-state index in [0.717, 1.165) is 24.6 Å². The molecule has 0 radical (unpaired) electrons. The summed E-state index contributed by atoms with van der Waals surface area (Å²) in [5.41, 5.74) is 1.21. The van der Waals surface area contributed by atoms with Gasteiger partial charge in [-0.1, -0.05) is 20.8 Å². The van der Waals surface area contributed by atoms with Crippen molar-refractivity contribution in [2.75, 3.05) is 23.8 Å². The first kappa shape index (κ1) is 14.7. The van der Waals surface area contributed by atoms with Crippen molar-refractivity contribution in [1.29, 1.82) is 0 Å². The molecule has 18 heavy (non-hydrogen) atoms. The zero-order valence-corrected chi connectivity index (χ0v) is 12.5. The fraction of sp³-hybridized carbons (Fsp3) is 0.714. The van der Waals surface area contributed by atoms with Crippen LogP contribution in [0, 0.1) is 0 Å². The normalized spacial score (nSPS) is 12.6. The summed E-state index contributed by atoms with van der Waals surface area (Å²) in [6, 6.07) is 0.479. The Labute approximate surface area is 111 Å². The molecule has 1 aromatic rings. The number of nitrogens with zero attached hydrogens (tertiary/aromatic N) is 3. The van der Waals surface area contributed by atoms with E-state index in [2.05, 4.69) is 61.9 Å². The van der Waals surface area contributed by atoms with E-state index in [1.165, 1.54) is 5.56 Å². The number of aromatic nitrogens is 2. The minimum Gasteiger partial charge on any atom is -0.370 e. The van der Waals surface area contributed by atoms with Crippen molar-refractivity contribution in [2.45, 2.75) is 53.0 Å². The Morgan fingerprint density at radius 3 is 2.39 bits per heavy atom. The lowest BCUT2D eigenvalue weighted by Gasteiger charge is -2.28. The first-order chi connectivity index (χ1) is 8.52. The van der Waals surface area contributed by atoms with Gasteiger partial charge in [-0.2, -0.15) is 0 Å². The third-order valence-electron chi connectivity index (χ3n) is 3.37. The molecule has 1 heterocycles. The fourth-order valence-electron chi connectivity index (χ4n) is 1.99. The van der Waals surface area contributed by atoms with Crippen LogP contribution in [0.2, 0.25) is 0 Å². The van der Waals surface area contributed by atoms with Crippen molar-refractivity contribution < 1.29 is 0 Å². The van der Waals surface area contributed by atoms with Crippen LogP contribution in [0.25, 0.3) is 0 Å². The number of rotatable bonds is 6. The molecule has 0 saturated carbocycles. The maximum atomic E-state index is 4.49. The monoisotopic (exact) mass is 250 g/mol. The average molecular weight is 250 g/mol. The zero-order chi connectivity index (χ0) is 13.7. The minimum atomic E-state index is 0.404. The Kier molecular flexibility index (Phi) is 5.38. The Hall–Kier alpha value is -1.32. The Balaban J connectivity index is 3.21. The first-order valence-electron chi connectivity index (χ1n) is 6.84. The summed E-state index contributed by atoms with van der Waals surface area (Å²) in [6.07, 6.45) is 2.76. The van der Waals surface area contributed by atoms with Gasteiger partial charge >= 0.3 is 0 Å². The molecule has 102 valence electrons. The molecular weight excluding hydrogens is 224 g/mol. The zero-order valence-electron chi connectivity index (χ0n) is 12.5. The standard InChI is InChI=1S/C14H26N4/c1-7-11(5)18(6)14-12(10(3)4)13(15-8-2)16-9-17-14/h9-11H,7-8H2,1-6H3,(H,15,16,17). The Morgan fingerprint density at radius 2 is 1.89 bits per heavy atom. The van der Waals surface area contributed by atoms with Crippen molar-refractivity contribution in [2.24, 2.45) is 0 Å². The van der Waals surface area contributed by atoms with Crippen molar-refractivity contribution in [3.63, 3.8) is 0 Å². The highest BCUT2D eigenvalue weighted by molar-refractivity contribution is 5.60. The predicted molar refractivity (Wildman–Crippen MR) is 78.4 cm³/mol. The second-order valence-corrected chi connectivity index (χ2v) is 5.01. The average Bonchev–Trinajstić information content (AvgIpc) is 2.36. The van der Waals surface area contributed by atoms with Crippen LogP contribution in [0.5, 0.6) is 0 Å². The lowest BCUT2D eigenvalue weighted by molar-refractivity contribution is 0.649. The van der Waals surface area contributed by atoms with Crippen LogP contribution in [-0.2, 0) is 0 Å². The van der Waals surface area contributed by atoms with Crippen LogP contribution in [0.3, 0.4) is 0 Å². The molecule has 1 atom stereocenters. The summed E-state index contributed by atoms with van der Waals surface area (Å²) < 4.78 is 0. The molecule has 0 aliphatic heterocycles. The van der Waals surface area contributed by atoms with Crippen LogP contribution >= 0.6 is 0 Å². The van der Waals surface area contributed by atoms with Gasteiger partial charge in [-0.05, 0) is 26.2 Å². The molecular formula is C14H26N4. The fourth-order valence-corrected chi connectivity index (χ4v) is 1.99. The number of hydrogen-bond acceptors (Lipinski definition) is 4. The molecule has 0 bridgehead atoms. The largest absolute Gasteiger partial charge is 0.370 e. The van der Waals surface area contributed by atoms with Gasteiger partial charge in [0.1, 0.15) is 18.0 Å². The van der Waals surface area contributed by atoms with Crippen LogP contribution in [0.15, 0.2) is 6.33 Å². The summed E-state index contributed by atoms with van der Waals surface area (Å²) >= 11 is 0. The lowest BCUT2D eigenvalue weighted by Crippen LogP contribution is -2.30. The van der Waals surface area contributed by atoms with E-state index in [1.54, 1.807) is 6.33 Å². The maximum absolute atomic E-state index is 4.49. The summed E-state index contributed by atoms with van der Waals surface area (Å²) in [5.74, 6) is 2.42. The first-order valence-corrected chi connectivity index (χ1v) is 6.84. The molecule has 0 aromatic carbocycles. The third-order valence-corrected chi connectivity index (χ3v) is 3.37. The van der Waals surface area contributed by atoms with Crippen molar-refractivity contribution >= 4 is 11.6 Å². The van der Waals surface area contributed by atoms with E-state index in [1.807, 2.05) is 0 Å². The summed E-state index contributed by atoms with van der Waals surface area (Å²) in [6.45, 7) is 11.8. The van der Waals surface area contributed by atoms with E-state index in [4.69, 9.17) is 0 Å². The van der Waals surface area contributed by atoms with Gasteiger partial charge in [0, 0.05) is 25.2 Å². The molecule has 1 aromatic heterocycles. The molecule has 0 saturated heterocycles. The van der Waals surface area contributed by atoms with Gasteiger partial charge in [0.05, 0.1) is 0 Å². The lowest BCUT2D eigenvalue weighted by atomic mass is 10.0. The van der Waals surface area contributed by atoms with Gasteiger partial charge < -0.3 is 10.2 Å². The Bertz CT molecular complexity index is 376. The molecule has 1 rings (SSSR count). The molecule has 4 heteroatoms. The SMILES string of the molecule is CCNc1ncnc(N(C)C(C)CC)c1C(C)C. The highest BCUT2D eigenvalue weighted by atomic mass is 15.2. The van der Waals surface area contributed by atoms with Gasteiger partial charge in [-0.3, -0.25) is 0 Å². The highest BCUT2D eigenvalue weighted by Gasteiger charge is 2.19. The molecule has 0 amide bonds. The van der Waals surface area contributed by atoms with Crippen molar-refractivity contribution in [1.82, 2.24) is 9.97 Å². The smallest absolute Gasteiger partial charge is 0.137 e. The summed E-state index contributed by atoms with van der Waals surface area (Å²) in [7, 11) is 2.11. The summed E-state index contributed by atoms with van der Waals surface area (Å²) in [4.78, 5) is 11.1. The summed E-state index contributed by atoms with van der Waals surface area (Å²) in [5, 5.41) is 3.33. The van der Waals surface area contributed by atoms with E-state index >= 15 is 0 Å². The second-order valence-electron chi connectivity index (χ2n) is 5.01. The van der Waals surface area contributed by atoms with Crippen LogP contribution in [0.1, 0.15) is 52.5 Å². The van der Waals surface area contributed by atoms with E-state index in [9.17, 15) is 0 Å². The molecule has 0 aliphatic carbocycles. The third kappa shape index (κ3) is 3.12.